The van der Waals surface area contributed by atoms with Crippen molar-refractivity contribution in [2.24, 2.45) is 4.99 Å². The normalized spacial score (nSPS) is 21.3. The summed E-state index contributed by atoms with van der Waals surface area (Å²) in [5, 5.41) is 0. The van der Waals surface area contributed by atoms with Crippen LogP contribution < -0.4 is 0 Å². The summed E-state index contributed by atoms with van der Waals surface area (Å²) in [4.78, 5) is 10.4. The zero-order valence-electron chi connectivity index (χ0n) is 16.8. The molecule has 3 heteroatoms. The first-order valence-electron chi connectivity index (χ1n) is 10.7. The second-order valence-corrected chi connectivity index (χ2v) is 8.23. The lowest BCUT2D eigenvalue weighted by Crippen LogP contribution is -2.55. The maximum atomic E-state index is 5.15. The molecule has 2 saturated carbocycles. The molecule has 24 heavy (non-hydrogen) atoms. The summed E-state index contributed by atoms with van der Waals surface area (Å²) in [5.74, 6) is 1.30. The number of rotatable bonds is 6. The Labute approximate surface area is 150 Å². The van der Waals surface area contributed by atoms with Gasteiger partial charge < -0.3 is 9.80 Å². The highest BCUT2D eigenvalue weighted by molar-refractivity contribution is 5.81. The molecule has 0 N–H and O–H groups in total. The van der Waals surface area contributed by atoms with E-state index in [0.29, 0.717) is 6.04 Å². The lowest BCUT2D eigenvalue weighted by Gasteiger charge is -2.46. The fourth-order valence-electron chi connectivity index (χ4n) is 4.29. The van der Waals surface area contributed by atoms with Gasteiger partial charge in [-0.15, -0.1) is 0 Å². The van der Waals surface area contributed by atoms with Crippen molar-refractivity contribution in [3.63, 3.8) is 0 Å². The van der Waals surface area contributed by atoms with Gasteiger partial charge >= 0.3 is 0 Å². The van der Waals surface area contributed by atoms with E-state index in [2.05, 4.69) is 37.6 Å². The van der Waals surface area contributed by atoms with Gasteiger partial charge in [0, 0.05) is 31.7 Å². The molecule has 3 nitrogen and oxygen atoms in total. The number of hydrogen-bond acceptors (Lipinski definition) is 1. The average Bonchev–Trinajstić information content (AvgIpc) is 2.62. The van der Waals surface area contributed by atoms with Crippen molar-refractivity contribution >= 4 is 5.96 Å². The molecule has 0 amide bonds. The Hall–Kier alpha value is -0.730. The van der Waals surface area contributed by atoms with Gasteiger partial charge in [0.25, 0.3) is 0 Å². The third-order valence-electron chi connectivity index (χ3n) is 6.02. The minimum Gasteiger partial charge on any atom is -0.343 e. The van der Waals surface area contributed by atoms with Crippen LogP contribution in [0, 0.1) is 0 Å². The highest BCUT2D eigenvalue weighted by atomic mass is 15.4. The maximum absolute atomic E-state index is 5.15. The molecule has 0 unspecified atom stereocenters. The van der Waals surface area contributed by atoms with Gasteiger partial charge in [-0.1, -0.05) is 51.9 Å². The Bertz CT molecular complexity index is 347. The smallest absolute Gasteiger partial charge is 0.197 e. The molecule has 0 aromatic rings. The molecule has 0 atom stereocenters. The van der Waals surface area contributed by atoms with Crippen LogP contribution in [0.3, 0.4) is 0 Å². The molecule has 0 aromatic heterocycles. The van der Waals surface area contributed by atoms with E-state index in [1.54, 1.807) is 0 Å². The van der Waals surface area contributed by atoms with Crippen LogP contribution in [0.5, 0.6) is 0 Å². The Morgan fingerprint density at radius 3 is 1.83 bits per heavy atom. The van der Waals surface area contributed by atoms with Gasteiger partial charge in [-0.2, -0.15) is 0 Å². The average molecular weight is 336 g/mol. The molecule has 0 radical (unpaired) electrons. The van der Waals surface area contributed by atoms with Crippen LogP contribution in [0.1, 0.15) is 97.8 Å². The lowest BCUT2D eigenvalue weighted by molar-refractivity contribution is 0.135. The molecule has 2 aliphatic carbocycles. The van der Waals surface area contributed by atoms with Crippen LogP contribution in [0.25, 0.3) is 0 Å². The molecule has 140 valence electrons. The van der Waals surface area contributed by atoms with Gasteiger partial charge in [0.05, 0.1) is 0 Å². The number of aliphatic imine (C=N–C) groups is 1. The zero-order chi connectivity index (χ0) is 17.4. The summed E-state index contributed by atoms with van der Waals surface area (Å²) in [6, 6.07) is 1.96. The molecular formula is C21H41N3. The molecule has 0 bridgehead atoms. The van der Waals surface area contributed by atoms with Crippen molar-refractivity contribution in [3.8, 4) is 0 Å². The first-order chi connectivity index (χ1) is 11.6. The topological polar surface area (TPSA) is 18.8 Å². The molecule has 0 aromatic carbocycles. The van der Waals surface area contributed by atoms with E-state index >= 15 is 0 Å². The largest absolute Gasteiger partial charge is 0.343 e. The first-order valence-corrected chi connectivity index (χ1v) is 10.7. The summed E-state index contributed by atoms with van der Waals surface area (Å²) >= 11 is 0. The number of hydrogen-bond donors (Lipinski definition) is 0. The van der Waals surface area contributed by atoms with E-state index in [1.807, 2.05) is 0 Å². The summed E-state index contributed by atoms with van der Waals surface area (Å²) in [5.41, 5.74) is 0. The summed E-state index contributed by atoms with van der Waals surface area (Å²) in [6.45, 7) is 7.85. The number of guanidine groups is 1. The van der Waals surface area contributed by atoms with Crippen LogP contribution in [-0.4, -0.2) is 47.5 Å². The molecular weight excluding hydrogens is 294 g/mol. The van der Waals surface area contributed by atoms with Crippen LogP contribution in [-0.2, 0) is 0 Å². The number of unbranched alkanes of at least 4 members (excludes halogenated alkanes) is 1. The molecule has 0 heterocycles. The van der Waals surface area contributed by atoms with Crippen molar-refractivity contribution < 1.29 is 0 Å². The quantitative estimate of drug-likeness (QED) is 0.365. The first kappa shape index (κ1) is 19.6. The maximum Gasteiger partial charge on any atom is 0.197 e. The van der Waals surface area contributed by atoms with Gasteiger partial charge in [0.2, 0.25) is 0 Å². The third kappa shape index (κ3) is 5.39. The highest BCUT2D eigenvalue weighted by Gasteiger charge is 2.33. The van der Waals surface area contributed by atoms with Gasteiger partial charge in [0.1, 0.15) is 0 Å². The molecule has 0 saturated heterocycles. The fraction of sp³-hybridized carbons (Fsp3) is 0.952. The van der Waals surface area contributed by atoms with Gasteiger partial charge in [-0.3, -0.25) is 4.99 Å². The molecule has 0 aliphatic heterocycles. The van der Waals surface area contributed by atoms with Crippen molar-refractivity contribution in [2.75, 3.05) is 13.6 Å². The van der Waals surface area contributed by atoms with Crippen molar-refractivity contribution in [2.45, 2.75) is 116 Å². The summed E-state index contributed by atoms with van der Waals surface area (Å²) < 4.78 is 0. The monoisotopic (exact) mass is 335 g/mol. The summed E-state index contributed by atoms with van der Waals surface area (Å²) in [7, 11) is 2.26. The second kappa shape index (κ2) is 10.3. The van der Waals surface area contributed by atoms with Gasteiger partial charge in [0.15, 0.2) is 5.96 Å². The van der Waals surface area contributed by atoms with E-state index < -0.39 is 0 Å². The van der Waals surface area contributed by atoms with Crippen molar-refractivity contribution in [1.82, 2.24) is 9.80 Å². The Kier molecular flexibility index (Phi) is 8.41. The predicted octanol–water partition coefficient (Wildman–Crippen LogP) is 5.45. The molecule has 2 fully saturated rings. The minimum atomic E-state index is 0.514. The van der Waals surface area contributed by atoms with E-state index in [1.165, 1.54) is 83.0 Å². The molecule has 2 rings (SSSR count). The summed E-state index contributed by atoms with van der Waals surface area (Å²) in [6.07, 6.45) is 16.4. The van der Waals surface area contributed by atoms with E-state index in [-0.39, 0.29) is 0 Å². The standard InChI is InChI=1S/C21H41N3/c1-5-6-17-22-21(23(4)18(2)3)24(19-13-9-7-10-14-19)20-15-11-8-12-16-20/h18-20H,5-17H2,1-4H3. The van der Waals surface area contributed by atoms with E-state index in [9.17, 15) is 0 Å². The van der Waals surface area contributed by atoms with Crippen molar-refractivity contribution in [3.05, 3.63) is 0 Å². The zero-order valence-corrected chi connectivity index (χ0v) is 16.8. The predicted molar refractivity (Wildman–Crippen MR) is 106 cm³/mol. The van der Waals surface area contributed by atoms with Gasteiger partial charge in [-0.25, -0.2) is 0 Å². The Balaban J connectivity index is 2.25. The van der Waals surface area contributed by atoms with Crippen LogP contribution in [0.2, 0.25) is 0 Å². The third-order valence-corrected chi connectivity index (χ3v) is 6.02. The van der Waals surface area contributed by atoms with E-state index in [4.69, 9.17) is 4.99 Å². The Morgan fingerprint density at radius 2 is 1.42 bits per heavy atom. The molecule has 2 aliphatic rings. The molecule has 0 spiro atoms. The van der Waals surface area contributed by atoms with Crippen LogP contribution in [0.15, 0.2) is 4.99 Å². The van der Waals surface area contributed by atoms with Gasteiger partial charge in [-0.05, 0) is 46.0 Å². The lowest BCUT2D eigenvalue weighted by atomic mass is 9.89. The van der Waals surface area contributed by atoms with Crippen LogP contribution in [0.4, 0.5) is 0 Å². The minimum absolute atomic E-state index is 0.514. The highest BCUT2D eigenvalue weighted by Crippen LogP contribution is 2.31. The number of nitrogens with zero attached hydrogens (tertiary/aromatic N) is 3. The Morgan fingerprint density at radius 1 is 0.917 bits per heavy atom. The van der Waals surface area contributed by atoms with Crippen LogP contribution >= 0.6 is 0 Å². The van der Waals surface area contributed by atoms with E-state index in [0.717, 1.165) is 18.6 Å². The fourth-order valence-corrected chi connectivity index (χ4v) is 4.29. The second-order valence-electron chi connectivity index (χ2n) is 8.23. The SMILES string of the molecule is CCCCN=C(N(C)C(C)C)N(C1CCCCC1)C1CCCCC1. The van der Waals surface area contributed by atoms with Crippen molar-refractivity contribution in [1.29, 1.82) is 0 Å².